The maximum atomic E-state index is 6.09. The lowest BCUT2D eigenvalue weighted by Crippen LogP contribution is -2.15. The second-order valence-corrected chi connectivity index (χ2v) is 4.76. The van der Waals surface area contributed by atoms with Gasteiger partial charge >= 0.3 is 0 Å². The van der Waals surface area contributed by atoms with Gasteiger partial charge in [0.1, 0.15) is 0 Å². The van der Waals surface area contributed by atoms with Gasteiger partial charge in [-0.2, -0.15) is 0 Å². The van der Waals surface area contributed by atoms with Gasteiger partial charge in [0.25, 0.3) is 0 Å². The van der Waals surface area contributed by atoms with E-state index in [2.05, 4.69) is 41.7 Å². The van der Waals surface area contributed by atoms with Crippen LogP contribution in [-0.4, -0.2) is 6.54 Å². The van der Waals surface area contributed by atoms with Gasteiger partial charge in [-0.3, -0.25) is 0 Å². The molecule has 18 heavy (non-hydrogen) atoms. The molecule has 0 fully saturated rings. The first-order valence-corrected chi connectivity index (χ1v) is 6.72. The SMILES string of the molecule is Clc1ccccc1CNCCCc1ccccc1. The molecule has 2 aromatic carbocycles. The smallest absolute Gasteiger partial charge is 0.0450 e. The number of aryl methyl sites for hydroxylation is 1. The van der Waals surface area contributed by atoms with Gasteiger partial charge < -0.3 is 5.32 Å². The third-order valence-corrected chi connectivity index (χ3v) is 3.30. The van der Waals surface area contributed by atoms with Crippen molar-refractivity contribution in [3.63, 3.8) is 0 Å². The molecule has 2 aromatic rings. The molecule has 0 aliphatic rings. The molecule has 0 saturated heterocycles. The predicted octanol–water partition coefficient (Wildman–Crippen LogP) is 4.06. The Morgan fingerprint density at radius 2 is 1.61 bits per heavy atom. The topological polar surface area (TPSA) is 12.0 Å². The number of nitrogens with one attached hydrogen (secondary N) is 1. The average Bonchev–Trinajstić information content (AvgIpc) is 2.42. The number of halogens is 1. The van der Waals surface area contributed by atoms with E-state index in [0.29, 0.717) is 0 Å². The van der Waals surface area contributed by atoms with Crippen LogP contribution in [0.3, 0.4) is 0 Å². The molecule has 0 heterocycles. The Labute approximate surface area is 114 Å². The molecule has 0 aliphatic heterocycles. The van der Waals surface area contributed by atoms with Crippen molar-refractivity contribution in [2.45, 2.75) is 19.4 Å². The summed E-state index contributed by atoms with van der Waals surface area (Å²) in [5.74, 6) is 0. The summed E-state index contributed by atoms with van der Waals surface area (Å²) in [5, 5.41) is 4.27. The van der Waals surface area contributed by atoms with Gasteiger partial charge in [-0.25, -0.2) is 0 Å². The first-order valence-electron chi connectivity index (χ1n) is 6.34. The molecule has 1 nitrogen and oxygen atoms in total. The van der Waals surface area contributed by atoms with Gasteiger partial charge in [0.2, 0.25) is 0 Å². The summed E-state index contributed by atoms with van der Waals surface area (Å²) in [7, 11) is 0. The fraction of sp³-hybridized carbons (Fsp3) is 0.250. The van der Waals surface area contributed by atoms with Crippen molar-refractivity contribution in [1.82, 2.24) is 5.32 Å². The van der Waals surface area contributed by atoms with Gasteiger partial charge in [-0.05, 0) is 36.6 Å². The average molecular weight is 260 g/mol. The standard InChI is InChI=1S/C16H18ClN/c17-16-11-5-4-10-15(16)13-18-12-6-9-14-7-2-1-3-8-14/h1-5,7-8,10-11,18H,6,9,12-13H2. The van der Waals surface area contributed by atoms with Gasteiger partial charge in [0.05, 0.1) is 0 Å². The van der Waals surface area contributed by atoms with Crippen LogP contribution >= 0.6 is 11.6 Å². The molecule has 0 unspecified atom stereocenters. The van der Waals surface area contributed by atoms with E-state index in [1.807, 2.05) is 18.2 Å². The van der Waals surface area contributed by atoms with Crippen molar-refractivity contribution in [2.24, 2.45) is 0 Å². The molecule has 0 amide bonds. The summed E-state index contributed by atoms with van der Waals surface area (Å²) in [5.41, 5.74) is 2.57. The van der Waals surface area contributed by atoms with Gasteiger partial charge in [0, 0.05) is 11.6 Å². The van der Waals surface area contributed by atoms with Crippen molar-refractivity contribution >= 4 is 11.6 Å². The third kappa shape index (κ3) is 4.17. The molecule has 0 aliphatic carbocycles. The van der Waals surface area contributed by atoms with Gasteiger partial charge in [0.15, 0.2) is 0 Å². The largest absolute Gasteiger partial charge is 0.313 e. The molecule has 0 bridgehead atoms. The van der Waals surface area contributed by atoms with Crippen LogP contribution in [-0.2, 0) is 13.0 Å². The van der Waals surface area contributed by atoms with Crippen molar-refractivity contribution < 1.29 is 0 Å². The molecule has 0 aromatic heterocycles. The highest BCUT2D eigenvalue weighted by Gasteiger charge is 1.97. The van der Waals surface area contributed by atoms with Gasteiger partial charge in [-0.15, -0.1) is 0 Å². The van der Waals surface area contributed by atoms with Crippen LogP contribution in [0, 0.1) is 0 Å². The van der Waals surface area contributed by atoms with Crippen LogP contribution in [0.5, 0.6) is 0 Å². The van der Waals surface area contributed by atoms with E-state index in [9.17, 15) is 0 Å². The molecule has 0 saturated carbocycles. The quantitative estimate of drug-likeness (QED) is 0.772. The summed E-state index contributed by atoms with van der Waals surface area (Å²) in [6.45, 7) is 1.86. The van der Waals surface area contributed by atoms with Crippen molar-refractivity contribution in [3.05, 3.63) is 70.7 Å². The second-order valence-electron chi connectivity index (χ2n) is 4.36. The van der Waals surface area contributed by atoms with Crippen LogP contribution < -0.4 is 5.32 Å². The lowest BCUT2D eigenvalue weighted by atomic mass is 10.1. The number of hydrogen-bond donors (Lipinski definition) is 1. The van der Waals surface area contributed by atoms with Crippen LogP contribution in [0.15, 0.2) is 54.6 Å². The molecular formula is C16H18ClN. The van der Waals surface area contributed by atoms with Crippen LogP contribution in [0.2, 0.25) is 5.02 Å². The van der Waals surface area contributed by atoms with E-state index >= 15 is 0 Å². The van der Waals surface area contributed by atoms with E-state index in [1.165, 1.54) is 11.1 Å². The minimum absolute atomic E-state index is 0.841. The Morgan fingerprint density at radius 3 is 2.39 bits per heavy atom. The van der Waals surface area contributed by atoms with E-state index in [1.54, 1.807) is 0 Å². The molecule has 0 radical (unpaired) electrons. The second kappa shape index (κ2) is 7.20. The molecule has 0 atom stereocenters. The summed E-state index contributed by atoms with van der Waals surface area (Å²) < 4.78 is 0. The van der Waals surface area contributed by atoms with Crippen LogP contribution in [0.4, 0.5) is 0 Å². The highest BCUT2D eigenvalue weighted by atomic mass is 35.5. The summed E-state index contributed by atoms with van der Waals surface area (Å²) in [6.07, 6.45) is 2.27. The molecule has 94 valence electrons. The fourth-order valence-corrected chi connectivity index (χ4v) is 2.13. The fourth-order valence-electron chi connectivity index (χ4n) is 1.93. The minimum atomic E-state index is 0.841. The molecular weight excluding hydrogens is 242 g/mol. The van der Waals surface area contributed by atoms with E-state index in [0.717, 1.165) is 31.0 Å². The first kappa shape index (κ1) is 13.1. The van der Waals surface area contributed by atoms with Crippen molar-refractivity contribution in [2.75, 3.05) is 6.54 Å². The predicted molar refractivity (Wildman–Crippen MR) is 77.9 cm³/mol. The maximum Gasteiger partial charge on any atom is 0.0450 e. The lowest BCUT2D eigenvalue weighted by Gasteiger charge is -2.06. The minimum Gasteiger partial charge on any atom is -0.313 e. The Hall–Kier alpha value is -1.31. The summed E-state index contributed by atoms with van der Waals surface area (Å²) >= 11 is 6.09. The lowest BCUT2D eigenvalue weighted by molar-refractivity contribution is 0.649. The van der Waals surface area contributed by atoms with Gasteiger partial charge in [-0.1, -0.05) is 60.1 Å². The maximum absolute atomic E-state index is 6.09. The Bertz CT molecular complexity index is 468. The van der Waals surface area contributed by atoms with Crippen LogP contribution in [0.1, 0.15) is 17.5 Å². The zero-order valence-electron chi connectivity index (χ0n) is 10.4. The summed E-state index contributed by atoms with van der Waals surface area (Å²) in [6, 6.07) is 18.6. The molecule has 1 N–H and O–H groups in total. The monoisotopic (exact) mass is 259 g/mol. The molecule has 0 spiro atoms. The van der Waals surface area contributed by atoms with E-state index < -0.39 is 0 Å². The molecule has 2 rings (SSSR count). The first-order chi connectivity index (χ1) is 8.86. The zero-order chi connectivity index (χ0) is 12.6. The highest BCUT2D eigenvalue weighted by molar-refractivity contribution is 6.31. The van der Waals surface area contributed by atoms with E-state index in [-0.39, 0.29) is 0 Å². The van der Waals surface area contributed by atoms with E-state index in [4.69, 9.17) is 11.6 Å². The third-order valence-electron chi connectivity index (χ3n) is 2.94. The Morgan fingerprint density at radius 1 is 0.889 bits per heavy atom. The molecule has 2 heteroatoms. The number of hydrogen-bond acceptors (Lipinski definition) is 1. The highest BCUT2D eigenvalue weighted by Crippen LogP contribution is 2.14. The van der Waals surface area contributed by atoms with Crippen LogP contribution in [0.25, 0.3) is 0 Å². The van der Waals surface area contributed by atoms with Crippen molar-refractivity contribution in [3.8, 4) is 0 Å². The van der Waals surface area contributed by atoms with Crippen molar-refractivity contribution in [1.29, 1.82) is 0 Å². The Kier molecular flexibility index (Phi) is 5.25. The Balaban J connectivity index is 1.66. The summed E-state index contributed by atoms with van der Waals surface area (Å²) in [4.78, 5) is 0. The zero-order valence-corrected chi connectivity index (χ0v) is 11.2. The number of benzene rings is 2. The number of rotatable bonds is 6. The normalized spacial score (nSPS) is 10.5.